The Labute approximate surface area is 166 Å². The van der Waals surface area contributed by atoms with Crippen LogP contribution in [0.25, 0.3) is 0 Å². The van der Waals surface area contributed by atoms with Crippen molar-refractivity contribution in [1.29, 1.82) is 0 Å². The number of hydrogen-bond acceptors (Lipinski definition) is 6. The van der Waals surface area contributed by atoms with E-state index >= 15 is 0 Å². The van der Waals surface area contributed by atoms with Gasteiger partial charge in [0.1, 0.15) is 10.7 Å². The summed E-state index contributed by atoms with van der Waals surface area (Å²) in [4.78, 5) is 24.3. The Morgan fingerprint density at radius 1 is 1.19 bits per heavy atom. The van der Waals surface area contributed by atoms with E-state index < -0.39 is 23.3 Å². The van der Waals surface area contributed by atoms with E-state index in [1.165, 1.54) is 48.4 Å². The Hall–Kier alpha value is -3.00. The minimum absolute atomic E-state index is 0.0516. The van der Waals surface area contributed by atoms with Crippen molar-refractivity contribution in [3.05, 3.63) is 69.8 Å². The van der Waals surface area contributed by atoms with Crippen molar-refractivity contribution in [3.63, 3.8) is 0 Å². The number of hydrogen-bond donors (Lipinski definition) is 0. The van der Waals surface area contributed by atoms with Crippen LogP contribution in [0.15, 0.2) is 48.5 Å². The van der Waals surface area contributed by atoms with Crippen LogP contribution in [0.5, 0.6) is 5.75 Å². The minimum atomic E-state index is -2.86. The number of nitro benzene ring substituents is 1. The lowest BCUT2D eigenvalue weighted by Crippen LogP contribution is -2.43. The van der Waals surface area contributed by atoms with Gasteiger partial charge in [-0.05, 0) is 31.1 Å². The zero-order chi connectivity index (χ0) is 22.7. The molecule has 0 bridgehead atoms. The molecule has 0 radical (unpaired) electrons. The minimum Gasteiger partial charge on any atom is -0.497 e. The van der Waals surface area contributed by atoms with Crippen LogP contribution in [0, 0.1) is 10.1 Å². The van der Waals surface area contributed by atoms with Gasteiger partial charge in [-0.1, -0.05) is 24.4 Å². The number of thiocarbonyl (C=S) groups is 1. The first-order valence-electron chi connectivity index (χ1n) is 9.28. The molecule has 2 rings (SSSR count). The van der Waals surface area contributed by atoms with Gasteiger partial charge in [-0.15, -0.1) is 0 Å². The van der Waals surface area contributed by atoms with E-state index in [1.54, 1.807) is 14.1 Å². The normalized spacial score (nSPS) is 14.7. The molecule has 0 aliphatic carbocycles. The molecular weight excluding hydrogens is 368 g/mol. The third-order valence-corrected chi connectivity index (χ3v) is 4.42. The second-order valence-electron chi connectivity index (χ2n) is 5.80. The van der Waals surface area contributed by atoms with Crippen LogP contribution in [-0.4, -0.2) is 42.0 Å². The fraction of sp³-hybridized carbons (Fsp3) is 0.263. The van der Waals surface area contributed by atoms with Crippen molar-refractivity contribution in [2.75, 3.05) is 21.2 Å². The highest BCUT2D eigenvalue weighted by molar-refractivity contribution is 7.80. The summed E-state index contributed by atoms with van der Waals surface area (Å²) in [6.45, 7) is -2.86. The van der Waals surface area contributed by atoms with Crippen molar-refractivity contribution in [2.24, 2.45) is 0 Å². The maximum absolute atomic E-state index is 12.9. The molecule has 7 nitrogen and oxygen atoms in total. The molecule has 8 heteroatoms. The molecule has 2 aromatic rings. The van der Waals surface area contributed by atoms with Gasteiger partial charge < -0.3 is 14.4 Å². The van der Waals surface area contributed by atoms with Crippen molar-refractivity contribution in [1.82, 2.24) is 4.90 Å². The standard InChI is InChI=1S/C19H20N2O5S/c1-19(18(27)20(2)3,14-7-11-16(25-4)12-8-14)26-17(22)13-5-9-15(10-6-13)21(23)24/h5-12H,1-4H3/i1D3. The van der Waals surface area contributed by atoms with E-state index in [4.69, 9.17) is 25.8 Å². The van der Waals surface area contributed by atoms with Crippen LogP contribution in [0.4, 0.5) is 5.69 Å². The van der Waals surface area contributed by atoms with Crippen LogP contribution < -0.4 is 4.74 Å². The van der Waals surface area contributed by atoms with E-state index in [-0.39, 0.29) is 21.8 Å². The van der Waals surface area contributed by atoms with Gasteiger partial charge in [0.2, 0.25) is 0 Å². The number of non-ortho nitro benzene ring substituents is 1. The predicted octanol–water partition coefficient (Wildman–Crippen LogP) is 3.56. The molecule has 0 saturated heterocycles. The van der Waals surface area contributed by atoms with Gasteiger partial charge in [0.05, 0.1) is 17.6 Å². The Bertz CT molecular complexity index is 946. The number of nitrogens with zero attached hydrogens (tertiary/aromatic N) is 2. The van der Waals surface area contributed by atoms with Gasteiger partial charge in [0.15, 0.2) is 5.60 Å². The summed E-state index contributed by atoms with van der Waals surface area (Å²) >= 11 is 5.39. The van der Waals surface area contributed by atoms with Gasteiger partial charge in [0.25, 0.3) is 5.69 Å². The van der Waals surface area contributed by atoms with E-state index in [9.17, 15) is 14.9 Å². The molecule has 0 saturated carbocycles. The Morgan fingerprint density at radius 3 is 2.22 bits per heavy atom. The third kappa shape index (κ3) is 4.40. The molecule has 2 aromatic carbocycles. The fourth-order valence-electron chi connectivity index (χ4n) is 2.28. The van der Waals surface area contributed by atoms with Gasteiger partial charge in [-0.3, -0.25) is 10.1 Å². The first-order chi connectivity index (χ1) is 13.9. The average Bonchev–Trinajstić information content (AvgIpc) is 2.70. The van der Waals surface area contributed by atoms with Gasteiger partial charge in [0, 0.05) is 35.9 Å². The molecule has 0 fully saturated rings. The molecule has 0 heterocycles. The number of rotatable bonds is 6. The molecule has 142 valence electrons. The van der Waals surface area contributed by atoms with Gasteiger partial charge >= 0.3 is 5.97 Å². The molecule has 0 spiro atoms. The maximum atomic E-state index is 12.9. The quantitative estimate of drug-likeness (QED) is 0.322. The zero-order valence-electron chi connectivity index (χ0n) is 18.0. The van der Waals surface area contributed by atoms with E-state index in [1.807, 2.05) is 0 Å². The Balaban J connectivity index is 2.60. The molecule has 0 aromatic heterocycles. The number of ether oxygens (including phenoxy) is 2. The van der Waals surface area contributed by atoms with E-state index in [0.717, 1.165) is 12.1 Å². The fourth-order valence-corrected chi connectivity index (χ4v) is 2.44. The SMILES string of the molecule is [2H]C([2H])([2H])C(OC(=O)c1ccc([N+](=O)[O-])cc1)(C(=S)N(C)C)c1ccc(OC)cc1. The molecule has 1 atom stereocenters. The van der Waals surface area contributed by atoms with Crippen LogP contribution in [0.1, 0.15) is 26.9 Å². The molecule has 0 aliphatic heterocycles. The predicted molar refractivity (Wildman–Crippen MR) is 105 cm³/mol. The summed E-state index contributed by atoms with van der Waals surface area (Å²) in [7, 11) is 4.56. The average molecular weight is 391 g/mol. The van der Waals surface area contributed by atoms with Crippen LogP contribution in [0.2, 0.25) is 0 Å². The van der Waals surface area contributed by atoms with Crippen molar-refractivity contribution >= 4 is 28.9 Å². The highest BCUT2D eigenvalue weighted by Gasteiger charge is 2.37. The summed E-state index contributed by atoms with van der Waals surface area (Å²) in [5.41, 5.74) is -2.40. The number of methoxy groups -OCH3 is 1. The number of carbonyl (C=O) groups is 1. The second kappa shape index (κ2) is 8.13. The number of nitro groups is 1. The third-order valence-electron chi connectivity index (χ3n) is 3.76. The van der Waals surface area contributed by atoms with Crippen LogP contribution in [-0.2, 0) is 10.3 Å². The molecule has 27 heavy (non-hydrogen) atoms. The number of benzene rings is 2. The first kappa shape index (κ1) is 16.2. The topological polar surface area (TPSA) is 81.9 Å². The summed E-state index contributed by atoms with van der Waals surface area (Å²) in [5, 5.41) is 10.8. The highest BCUT2D eigenvalue weighted by atomic mass is 32.1. The molecule has 1 unspecified atom stereocenters. The molecule has 0 aliphatic rings. The van der Waals surface area contributed by atoms with Crippen molar-refractivity contribution in [3.8, 4) is 5.75 Å². The summed E-state index contributed by atoms with van der Waals surface area (Å²) in [6, 6.07) is 10.6. The van der Waals surface area contributed by atoms with Crippen molar-refractivity contribution < 1.29 is 23.3 Å². The highest BCUT2D eigenvalue weighted by Crippen LogP contribution is 2.31. The number of carbonyl (C=O) groups excluding carboxylic acids is 1. The lowest BCUT2D eigenvalue weighted by molar-refractivity contribution is -0.384. The molecular formula is C19H20N2O5S. The van der Waals surface area contributed by atoms with Crippen LogP contribution >= 0.6 is 12.2 Å². The van der Waals surface area contributed by atoms with Gasteiger partial charge in [-0.2, -0.15) is 0 Å². The van der Waals surface area contributed by atoms with Crippen LogP contribution in [0.3, 0.4) is 0 Å². The summed E-state index contributed by atoms with van der Waals surface area (Å²) < 4.78 is 35.2. The molecule has 0 N–H and O–H groups in total. The maximum Gasteiger partial charge on any atom is 0.339 e. The van der Waals surface area contributed by atoms with E-state index in [0.29, 0.717) is 5.75 Å². The van der Waals surface area contributed by atoms with Crippen molar-refractivity contribution in [2.45, 2.75) is 12.5 Å². The second-order valence-corrected chi connectivity index (χ2v) is 6.19. The Kier molecular flexibility index (Phi) is 4.88. The monoisotopic (exact) mass is 391 g/mol. The Morgan fingerprint density at radius 2 is 1.78 bits per heavy atom. The smallest absolute Gasteiger partial charge is 0.339 e. The lowest BCUT2D eigenvalue weighted by atomic mass is 9.94. The largest absolute Gasteiger partial charge is 0.497 e. The molecule has 0 amide bonds. The first-order valence-corrected chi connectivity index (χ1v) is 8.19. The van der Waals surface area contributed by atoms with E-state index in [2.05, 4.69) is 0 Å². The lowest BCUT2D eigenvalue weighted by Gasteiger charge is -2.34. The number of esters is 1. The zero-order valence-corrected chi connectivity index (χ0v) is 15.8. The summed E-state index contributed by atoms with van der Waals surface area (Å²) in [6.07, 6.45) is 0. The number of likely N-dealkylation sites (N-methyl/N-ethyl adjacent to an activating group) is 1. The summed E-state index contributed by atoms with van der Waals surface area (Å²) in [5.74, 6) is -0.503. The van der Waals surface area contributed by atoms with Gasteiger partial charge in [-0.25, -0.2) is 4.79 Å².